The lowest BCUT2D eigenvalue weighted by Gasteiger charge is -2.31. The van der Waals surface area contributed by atoms with Crippen LogP contribution in [-0.2, 0) is 9.53 Å². The highest BCUT2D eigenvalue weighted by Crippen LogP contribution is 2.25. The number of carboxylic acid groups (broad SMARTS) is 1. The van der Waals surface area contributed by atoms with E-state index in [9.17, 15) is 14.0 Å². The Balaban J connectivity index is 1.99. The van der Waals surface area contributed by atoms with Crippen LogP contribution < -0.4 is 4.90 Å². The third kappa shape index (κ3) is 3.21. The van der Waals surface area contributed by atoms with Gasteiger partial charge in [-0.15, -0.1) is 0 Å². The van der Waals surface area contributed by atoms with Crippen molar-refractivity contribution >= 4 is 17.7 Å². The molecule has 1 N–H and O–H groups in total. The topological polar surface area (TPSA) is 66.8 Å². The number of amides is 1. The van der Waals surface area contributed by atoms with Crippen LogP contribution in [0.3, 0.4) is 0 Å². The zero-order valence-electron chi connectivity index (χ0n) is 10.2. The number of carboxylic acids is 1. The molecule has 1 aromatic carbocycles. The minimum absolute atomic E-state index is 0.0440. The normalized spacial score (nSPS) is 19.1. The summed E-state index contributed by atoms with van der Waals surface area (Å²) in [6, 6.07) is 5.97. The second-order valence-corrected chi connectivity index (χ2v) is 4.33. The average molecular weight is 267 g/mol. The van der Waals surface area contributed by atoms with Crippen LogP contribution in [0.2, 0.25) is 0 Å². The summed E-state index contributed by atoms with van der Waals surface area (Å²) in [6.07, 6.45) is -0.310. The van der Waals surface area contributed by atoms with Crippen molar-refractivity contribution in [2.45, 2.75) is 25.4 Å². The SMILES string of the molecule is O=C(O)CCC1CCN(c2ccccc2F)C(=O)O1. The van der Waals surface area contributed by atoms with Gasteiger partial charge in [0.25, 0.3) is 0 Å². The molecular formula is C13H14FNO4. The predicted octanol–water partition coefficient (Wildman–Crippen LogP) is 2.41. The summed E-state index contributed by atoms with van der Waals surface area (Å²) in [7, 11) is 0. The summed E-state index contributed by atoms with van der Waals surface area (Å²) in [6.45, 7) is 0.323. The van der Waals surface area contributed by atoms with Crippen molar-refractivity contribution in [2.75, 3.05) is 11.4 Å². The minimum atomic E-state index is -0.924. The molecule has 19 heavy (non-hydrogen) atoms. The summed E-state index contributed by atoms with van der Waals surface area (Å²) in [5.41, 5.74) is 0.184. The molecule has 0 spiro atoms. The number of carbonyl (C=O) groups is 2. The number of hydrogen-bond donors (Lipinski definition) is 1. The molecule has 0 aromatic heterocycles. The van der Waals surface area contributed by atoms with E-state index in [1.807, 2.05) is 0 Å². The monoisotopic (exact) mass is 267 g/mol. The number of benzene rings is 1. The summed E-state index contributed by atoms with van der Waals surface area (Å²) < 4.78 is 18.7. The summed E-state index contributed by atoms with van der Waals surface area (Å²) in [5, 5.41) is 8.58. The molecule has 1 aliphatic rings. The maximum atomic E-state index is 13.6. The lowest BCUT2D eigenvalue weighted by atomic mass is 10.1. The second kappa shape index (κ2) is 5.69. The summed E-state index contributed by atoms with van der Waals surface area (Å²) in [4.78, 5) is 23.5. The van der Waals surface area contributed by atoms with Crippen LogP contribution in [0.15, 0.2) is 24.3 Å². The van der Waals surface area contributed by atoms with E-state index in [-0.39, 0.29) is 18.5 Å². The van der Waals surface area contributed by atoms with E-state index >= 15 is 0 Å². The van der Waals surface area contributed by atoms with Gasteiger partial charge >= 0.3 is 12.1 Å². The predicted molar refractivity (Wildman–Crippen MR) is 65.5 cm³/mol. The number of rotatable bonds is 4. The third-order valence-corrected chi connectivity index (χ3v) is 2.99. The number of ether oxygens (including phenoxy) is 1. The summed E-state index contributed by atoms with van der Waals surface area (Å²) in [5.74, 6) is -1.41. The number of carbonyl (C=O) groups excluding carboxylic acids is 1. The first kappa shape index (κ1) is 13.3. The van der Waals surface area contributed by atoms with Gasteiger partial charge < -0.3 is 9.84 Å². The van der Waals surface area contributed by atoms with Crippen molar-refractivity contribution in [3.05, 3.63) is 30.1 Å². The zero-order chi connectivity index (χ0) is 13.8. The Labute approximate surface area is 109 Å². The number of anilines is 1. The van der Waals surface area contributed by atoms with Gasteiger partial charge in [0, 0.05) is 19.4 Å². The van der Waals surface area contributed by atoms with Gasteiger partial charge in [0.1, 0.15) is 11.9 Å². The van der Waals surface area contributed by atoms with Crippen molar-refractivity contribution in [1.82, 2.24) is 0 Å². The highest BCUT2D eigenvalue weighted by molar-refractivity contribution is 5.88. The smallest absolute Gasteiger partial charge is 0.414 e. The van der Waals surface area contributed by atoms with Crippen LogP contribution in [0.25, 0.3) is 0 Å². The van der Waals surface area contributed by atoms with Gasteiger partial charge in [-0.05, 0) is 18.6 Å². The van der Waals surface area contributed by atoms with Crippen LogP contribution in [0.1, 0.15) is 19.3 Å². The second-order valence-electron chi connectivity index (χ2n) is 4.33. The molecule has 1 heterocycles. The molecule has 6 heteroatoms. The Morgan fingerprint density at radius 1 is 1.47 bits per heavy atom. The van der Waals surface area contributed by atoms with Gasteiger partial charge in [-0.1, -0.05) is 12.1 Å². The Morgan fingerprint density at radius 2 is 2.21 bits per heavy atom. The van der Waals surface area contributed by atoms with E-state index in [4.69, 9.17) is 9.84 Å². The molecule has 0 radical (unpaired) electrons. The third-order valence-electron chi connectivity index (χ3n) is 2.99. The Bertz CT molecular complexity index is 491. The number of nitrogens with zero attached hydrogens (tertiary/aromatic N) is 1. The molecule has 1 unspecified atom stereocenters. The average Bonchev–Trinajstić information content (AvgIpc) is 2.38. The van der Waals surface area contributed by atoms with Gasteiger partial charge in [0.05, 0.1) is 5.69 Å². The van der Waals surface area contributed by atoms with E-state index < -0.39 is 24.0 Å². The van der Waals surface area contributed by atoms with Crippen molar-refractivity contribution in [3.63, 3.8) is 0 Å². The van der Waals surface area contributed by atoms with Crippen molar-refractivity contribution in [3.8, 4) is 0 Å². The summed E-state index contributed by atoms with van der Waals surface area (Å²) >= 11 is 0. The molecule has 1 amide bonds. The van der Waals surface area contributed by atoms with Crippen LogP contribution in [-0.4, -0.2) is 29.8 Å². The van der Waals surface area contributed by atoms with Gasteiger partial charge in [-0.2, -0.15) is 0 Å². The lowest BCUT2D eigenvalue weighted by Crippen LogP contribution is -2.42. The van der Waals surface area contributed by atoms with E-state index in [0.717, 1.165) is 0 Å². The van der Waals surface area contributed by atoms with Crippen LogP contribution in [0.4, 0.5) is 14.9 Å². The first-order chi connectivity index (χ1) is 9.08. The van der Waals surface area contributed by atoms with Crippen molar-refractivity contribution in [2.24, 2.45) is 0 Å². The van der Waals surface area contributed by atoms with Crippen LogP contribution in [0, 0.1) is 5.82 Å². The molecule has 1 saturated heterocycles. The van der Waals surface area contributed by atoms with Crippen molar-refractivity contribution < 1.29 is 23.8 Å². The fraction of sp³-hybridized carbons (Fsp3) is 0.385. The number of halogens is 1. The Kier molecular flexibility index (Phi) is 3.99. The maximum absolute atomic E-state index is 13.6. The molecule has 0 bridgehead atoms. The lowest BCUT2D eigenvalue weighted by molar-refractivity contribution is -0.137. The molecule has 1 fully saturated rings. The van der Waals surface area contributed by atoms with Gasteiger partial charge in [-0.3, -0.25) is 9.69 Å². The van der Waals surface area contributed by atoms with Gasteiger partial charge in [0.15, 0.2) is 0 Å². The molecule has 0 saturated carbocycles. The maximum Gasteiger partial charge on any atom is 0.414 e. The molecule has 1 aliphatic heterocycles. The Morgan fingerprint density at radius 3 is 2.84 bits per heavy atom. The molecule has 1 atom stereocenters. The number of para-hydroxylation sites is 1. The quantitative estimate of drug-likeness (QED) is 0.909. The van der Waals surface area contributed by atoms with Crippen LogP contribution >= 0.6 is 0 Å². The van der Waals surface area contributed by atoms with E-state index in [1.165, 1.54) is 17.0 Å². The highest BCUT2D eigenvalue weighted by Gasteiger charge is 2.29. The molecule has 102 valence electrons. The highest BCUT2D eigenvalue weighted by atomic mass is 19.1. The first-order valence-electron chi connectivity index (χ1n) is 6.02. The number of aliphatic carboxylic acids is 1. The van der Waals surface area contributed by atoms with Crippen molar-refractivity contribution in [1.29, 1.82) is 0 Å². The molecular weight excluding hydrogens is 253 g/mol. The van der Waals surface area contributed by atoms with E-state index in [2.05, 4.69) is 0 Å². The minimum Gasteiger partial charge on any atom is -0.481 e. The van der Waals surface area contributed by atoms with Gasteiger partial charge in [0.2, 0.25) is 0 Å². The first-order valence-corrected chi connectivity index (χ1v) is 6.02. The van der Waals surface area contributed by atoms with Gasteiger partial charge in [-0.25, -0.2) is 9.18 Å². The van der Waals surface area contributed by atoms with Crippen LogP contribution in [0.5, 0.6) is 0 Å². The largest absolute Gasteiger partial charge is 0.481 e. The number of cyclic esters (lactones) is 1. The van der Waals surface area contributed by atoms with E-state index in [1.54, 1.807) is 12.1 Å². The molecule has 5 nitrogen and oxygen atoms in total. The Hall–Kier alpha value is -2.11. The fourth-order valence-electron chi connectivity index (χ4n) is 2.01. The standard InChI is InChI=1S/C13H14FNO4/c14-10-3-1-2-4-11(10)15-8-7-9(19-13(15)18)5-6-12(16)17/h1-4,9H,5-8H2,(H,16,17). The molecule has 1 aromatic rings. The fourth-order valence-corrected chi connectivity index (χ4v) is 2.01. The molecule has 2 rings (SSSR count). The zero-order valence-corrected chi connectivity index (χ0v) is 10.2. The van der Waals surface area contributed by atoms with E-state index in [0.29, 0.717) is 13.0 Å². The number of hydrogen-bond acceptors (Lipinski definition) is 3. The molecule has 0 aliphatic carbocycles.